The minimum Gasteiger partial charge on any atom is -0.481 e. The van der Waals surface area contributed by atoms with Crippen LogP contribution < -0.4 is 75.7 Å². The summed E-state index contributed by atoms with van der Waals surface area (Å²) in [4.78, 5) is 206. The molecule has 1 fully saturated rings. The molecule has 0 spiro atoms. The Bertz CT molecular complexity index is 3140. The lowest BCUT2D eigenvalue weighted by Gasteiger charge is -2.30. The summed E-state index contributed by atoms with van der Waals surface area (Å²) in [6.45, 7) is 13.9. The topological polar surface area (TPSA) is 531 Å². The average molecular weight is 1410 g/mol. The van der Waals surface area contributed by atoms with Crippen LogP contribution in [0.1, 0.15) is 144 Å². The summed E-state index contributed by atoms with van der Waals surface area (Å²) < 4.78 is 0. The standard InChI is InChI=1S/C65H101N17O16S/c1-9-35(7)51(68)65-80-47(31-99-65)62(96)75-42(25-33(3)4)58(92)73-41(21-22-49(84)85)57(91)81-52(34(5)6)63(97)74-39-19-14-15-24-70-54(88)45(28-48(67)83)77-61(95)46(29-50(86)87)78-60(94)44(27-38-30-69-32-71-38)76-59(93)43(26-37-17-12-11-13-18-37)79-64(98)53(36(8)10-2)82-56(90)40(20-16-23-66)72-55(39)89/h11-13,17-18,30,32-36,39-47,51-53H,9-10,14-16,19-29,31,66,68H2,1-8H3,(H2,67,83)(H,69,71)(H,70,88)(H,72,89)(H,73,92)(H,74,97)(H,75,96)(H,76,93)(H,77,95)(H,78,94)(H,79,98)(H,81,91)(H,82,90)(H,84,85)(H,86,87)/t35-,36?,39?,40?,41?,42?,43?,44?,45?,46?,47-,51-,52?,53?/m0/s1. The van der Waals surface area contributed by atoms with Gasteiger partial charge in [-0.15, -0.1) is 11.8 Å². The number of rotatable bonds is 30. The summed E-state index contributed by atoms with van der Waals surface area (Å²) in [5.41, 5.74) is 18.7. The Balaban J connectivity index is 1.75. The lowest BCUT2D eigenvalue weighted by atomic mass is 9.96. The second-order valence-corrected chi connectivity index (χ2v) is 26.9. The van der Waals surface area contributed by atoms with E-state index >= 15 is 0 Å². The second kappa shape index (κ2) is 41.4. The van der Waals surface area contributed by atoms with Crippen molar-refractivity contribution in [2.24, 2.45) is 45.9 Å². The molecule has 0 radical (unpaired) electrons. The van der Waals surface area contributed by atoms with E-state index in [2.05, 4.69) is 73.4 Å². The largest absolute Gasteiger partial charge is 0.481 e. The number of carbonyl (C=O) groups is 14. The molecule has 2 aliphatic rings. The van der Waals surface area contributed by atoms with Crippen LogP contribution in [0.15, 0.2) is 47.8 Å². The molecule has 3 heterocycles. The van der Waals surface area contributed by atoms with Crippen molar-refractivity contribution >= 4 is 99.6 Å². The first-order chi connectivity index (χ1) is 46.8. The Hall–Kier alpha value is -9.05. The molecule has 1 aromatic carbocycles. The Morgan fingerprint density at radius 1 is 0.677 bits per heavy atom. The first kappa shape index (κ1) is 82.4. The van der Waals surface area contributed by atoms with E-state index in [1.165, 1.54) is 24.3 Å². The highest BCUT2D eigenvalue weighted by Gasteiger charge is 2.40. The summed E-state index contributed by atoms with van der Waals surface area (Å²) in [5, 5.41) is 48.8. The Kier molecular flexibility index (Phi) is 34.4. The number of thioether (sulfide) groups is 1. The predicted molar refractivity (Wildman–Crippen MR) is 365 cm³/mol. The van der Waals surface area contributed by atoms with Gasteiger partial charge in [0.1, 0.15) is 66.5 Å². The maximum Gasteiger partial charge on any atom is 0.305 e. The number of carboxylic acids is 2. The summed E-state index contributed by atoms with van der Waals surface area (Å²) in [7, 11) is 0. The van der Waals surface area contributed by atoms with E-state index in [1.54, 1.807) is 71.9 Å². The van der Waals surface area contributed by atoms with Gasteiger partial charge in [0.05, 0.1) is 30.3 Å². The van der Waals surface area contributed by atoms with Crippen LogP contribution in [0.5, 0.6) is 0 Å². The lowest BCUT2D eigenvalue weighted by Crippen LogP contribution is -2.62. The number of primary amides is 1. The third-order valence-corrected chi connectivity index (χ3v) is 18.1. The van der Waals surface area contributed by atoms with Crippen LogP contribution in [-0.4, -0.2) is 199 Å². The zero-order chi connectivity index (χ0) is 73.6. The molecule has 99 heavy (non-hydrogen) atoms. The van der Waals surface area contributed by atoms with Gasteiger partial charge in [0.15, 0.2) is 0 Å². The molecule has 2 aromatic rings. The summed E-state index contributed by atoms with van der Waals surface area (Å²) >= 11 is 1.35. The quantitative estimate of drug-likeness (QED) is 0.0400. The molecule has 2 aliphatic heterocycles. The number of hydrogen-bond acceptors (Lipinski definition) is 19. The first-order valence-electron chi connectivity index (χ1n) is 33.6. The minimum absolute atomic E-state index is 0.000468. The van der Waals surface area contributed by atoms with E-state index in [4.69, 9.17) is 17.2 Å². The number of imidazole rings is 1. The van der Waals surface area contributed by atoms with Gasteiger partial charge in [-0.05, 0) is 80.7 Å². The smallest absolute Gasteiger partial charge is 0.305 e. The minimum atomic E-state index is -1.94. The van der Waals surface area contributed by atoms with E-state index in [-0.39, 0.29) is 88.5 Å². The number of aromatic nitrogens is 2. The van der Waals surface area contributed by atoms with Gasteiger partial charge in [-0.1, -0.05) is 98.6 Å². The average Bonchev–Trinajstić information content (AvgIpc) is 1.66. The fourth-order valence-corrected chi connectivity index (χ4v) is 11.9. The Morgan fingerprint density at radius 3 is 1.87 bits per heavy atom. The van der Waals surface area contributed by atoms with Gasteiger partial charge in [0.25, 0.3) is 0 Å². The van der Waals surface area contributed by atoms with Crippen molar-refractivity contribution in [3.63, 3.8) is 0 Å². The van der Waals surface area contributed by atoms with E-state index in [0.717, 1.165) is 6.42 Å². The summed E-state index contributed by atoms with van der Waals surface area (Å²) in [5.74, 6) is -15.5. The van der Waals surface area contributed by atoms with Crippen LogP contribution in [0.25, 0.3) is 0 Å². The number of carbonyl (C=O) groups excluding carboxylic acids is 12. The van der Waals surface area contributed by atoms with E-state index in [0.29, 0.717) is 16.3 Å². The summed E-state index contributed by atoms with van der Waals surface area (Å²) in [6.07, 6.45) is 0.119. The number of hydrogen-bond donors (Lipinski definition) is 17. The highest BCUT2D eigenvalue weighted by atomic mass is 32.2. The SMILES string of the molecule is CCC(C)C1NC(=O)C(CCCN)NC(=O)C(NC(=O)C(NC(=O)C(CCC(=O)O)NC(=O)C(CC(C)C)NC(=O)[C@@H]2CSC([C@@H](N)[C@@H](C)CC)=N2)C(C)C)CCCCNC(=O)C(CC(N)=O)NC(=O)C(CC(=O)O)NC(=O)C(Cc2cnc[nH]2)NC(=O)C(Cc2ccccc2)NC1=O. The van der Waals surface area contributed by atoms with Gasteiger partial charge in [0.2, 0.25) is 70.9 Å². The normalized spacial score (nSPS) is 23.0. The van der Waals surface area contributed by atoms with Crippen molar-refractivity contribution in [2.75, 3.05) is 18.8 Å². The number of aliphatic carboxylic acids is 2. The highest BCUT2D eigenvalue weighted by Crippen LogP contribution is 2.25. The zero-order valence-electron chi connectivity index (χ0n) is 57.4. The van der Waals surface area contributed by atoms with Crippen LogP contribution in [-0.2, 0) is 80.0 Å². The maximum atomic E-state index is 14.8. The van der Waals surface area contributed by atoms with Crippen LogP contribution in [0.2, 0.25) is 0 Å². The number of nitrogens with one attached hydrogen (secondary N) is 12. The number of aromatic amines is 1. The molecule has 4 rings (SSSR count). The van der Waals surface area contributed by atoms with Crippen molar-refractivity contribution in [1.82, 2.24) is 68.5 Å². The number of carboxylic acid groups (broad SMARTS) is 2. The number of nitrogens with two attached hydrogens (primary N) is 3. The van der Waals surface area contributed by atoms with Crippen molar-refractivity contribution in [3.05, 3.63) is 54.1 Å². The van der Waals surface area contributed by atoms with Gasteiger partial charge in [-0.2, -0.15) is 0 Å². The number of nitrogens with zero attached hydrogens (tertiary/aromatic N) is 2. The molecule has 12 amide bonds. The van der Waals surface area contributed by atoms with Crippen LogP contribution in [0.3, 0.4) is 0 Å². The summed E-state index contributed by atoms with van der Waals surface area (Å²) in [6, 6.07) is -8.36. The molecule has 0 aliphatic carbocycles. The molecular formula is C65H101N17O16S. The zero-order valence-corrected chi connectivity index (χ0v) is 58.3. The molecule has 33 nitrogen and oxygen atoms in total. The highest BCUT2D eigenvalue weighted by molar-refractivity contribution is 8.14. The van der Waals surface area contributed by atoms with Gasteiger partial charge in [-0.3, -0.25) is 72.1 Å². The number of amides is 12. The molecule has 548 valence electrons. The molecular weight excluding hydrogens is 1310 g/mol. The third-order valence-electron chi connectivity index (χ3n) is 16.9. The van der Waals surface area contributed by atoms with E-state index in [9.17, 15) is 77.3 Å². The monoisotopic (exact) mass is 1410 g/mol. The van der Waals surface area contributed by atoms with Gasteiger partial charge in [0, 0.05) is 43.5 Å². The number of aliphatic imine (C=N–C) groups is 1. The van der Waals surface area contributed by atoms with E-state index < -0.39 is 193 Å². The Labute approximate surface area is 579 Å². The third kappa shape index (κ3) is 27.7. The molecule has 1 aromatic heterocycles. The second-order valence-electron chi connectivity index (χ2n) is 25.8. The molecule has 1 saturated heterocycles. The van der Waals surface area contributed by atoms with Crippen molar-refractivity contribution in [1.29, 1.82) is 0 Å². The first-order valence-corrected chi connectivity index (χ1v) is 34.5. The lowest BCUT2D eigenvalue weighted by molar-refractivity contribution is -0.142. The van der Waals surface area contributed by atoms with Crippen molar-refractivity contribution in [2.45, 2.75) is 218 Å². The van der Waals surface area contributed by atoms with Gasteiger partial charge >= 0.3 is 11.9 Å². The van der Waals surface area contributed by atoms with Gasteiger partial charge in [-0.25, -0.2) is 4.98 Å². The number of H-pyrrole nitrogens is 1. The molecule has 34 heteroatoms. The molecule has 0 bridgehead atoms. The molecule has 20 N–H and O–H groups in total. The molecule has 0 saturated carbocycles. The molecule has 11 unspecified atom stereocenters. The van der Waals surface area contributed by atoms with E-state index in [1.807, 2.05) is 13.8 Å². The molecule has 14 atom stereocenters. The fourth-order valence-electron chi connectivity index (χ4n) is 10.7. The fraction of sp³-hybridized carbons (Fsp3) is 0.631. The maximum absolute atomic E-state index is 14.8. The van der Waals surface area contributed by atoms with Crippen LogP contribution in [0, 0.1) is 23.7 Å². The van der Waals surface area contributed by atoms with Crippen molar-refractivity contribution in [3.8, 4) is 0 Å². The Morgan fingerprint density at radius 2 is 1.28 bits per heavy atom. The van der Waals surface area contributed by atoms with Crippen LogP contribution >= 0.6 is 11.8 Å². The predicted octanol–water partition coefficient (Wildman–Crippen LogP) is -2.07. The van der Waals surface area contributed by atoms with Crippen molar-refractivity contribution < 1.29 is 77.3 Å². The van der Waals surface area contributed by atoms with Crippen LogP contribution in [0.4, 0.5) is 0 Å². The number of benzene rings is 1. The van der Waals surface area contributed by atoms with Gasteiger partial charge < -0.3 is 90.9 Å².